The van der Waals surface area contributed by atoms with E-state index in [4.69, 9.17) is 10.6 Å². The summed E-state index contributed by atoms with van der Waals surface area (Å²) in [6.45, 7) is 2.25. The Morgan fingerprint density at radius 2 is 1.32 bits per heavy atom. The van der Waals surface area contributed by atoms with E-state index in [1.807, 2.05) is 0 Å². The Labute approximate surface area is 170 Å². The number of amides is 1. The highest BCUT2D eigenvalue weighted by atomic mass is 16.7. The molecule has 0 aliphatic heterocycles. The van der Waals surface area contributed by atoms with Crippen LogP contribution in [0.3, 0.4) is 0 Å². The van der Waals surface area contributed by atoms with Crippen LogP contribution in [-0.2, 0) is 9.63 Å². The van der Waals surface area contributed by atoms with Gasteiger partial charge in [0.05, 0.1) is 5.56 Å². The Hall–Kier alpha value is -2.04. The van der Waals surface area contributed by atoms with Crippen molar-refractivity contribution >= 4 is 17.6 Å². The van der Waals surface area contributed by atoms with E-state index < -0.39 is 5.97 Å². The smallest absolute Gasteiger partial charge is 0.365 e. The van der Waals surface area contributed by atoms with Crippen LogP contribution in [0.15, 0.2) is 24.3 Å². The summed E-state index contributed by atoms with van der Waals surface area (Å²) in [7, 11) is 0. The minimum absolute atomic E-state index is 0.253. The molecule has 0 bridgehead atoms. The van der Waals surface area contributed by atoms with E-state index in [1.54, 1.807) is 24.3 Å². The normalized spacial score (nSPS) is 10.6. The lowest BCUT2D eigenvalue weighted by Crippen LogP contribution is -2.27. The van der Waals surface area contributed by atoms with Gasteiger partial charge in [-0.15, -0.1) is 0 Å². The van der Waals surface area contributed by atoms with Crippen LogP contribution in [0.2, 0.25) is 0 Å². The molecule has 1 amide bonds. The Morgan fingerprint density at radius 1 is 0.821 bits per heavy atom. The number of nitrogen functional groups attached to an aromatic ring is 1. The third kappa shape index (κ3) is 11.6. The zero-order valence-corrected chi connectivity index (χ0v) is 17.5. The fraction of sp³-hybridized carbons (Fsp3) is 0.652. The SMILES string of the molecule is CCCCCCCCCCCCCCCC(=O)NOC(=O)c1ccccc1N. The summed E-state index contributed by atoms with van der Waals surface area (Å²) in [4.78, 5) is 28.4. The van der Waals surface area contributed by atoms with Crippen LogP contribution in [0.25, 0.3) is 0 Å². The molecule has 1 rings (SSSR count). The summed E-state index contributed by atoms with van der Waals surface area (Å²) in [5.74, 6) is -0.914. The molecule has 5 heteroatoms. The second-order valence-corrected chi connectivity index (χ2v) is 7.49. The molecule has 1 aromatic carbocycles. The van der Waals surface area contributed by atoms with Gasteiger partial charge in [-0.05, 0) is 18.6 Å². The molecule has 0 saturated heterocycles. The first kappa shape index (κ1) is 24.0. The number of unbranched alkanes of at least 4 members (excludes halogenated alkanes) is 12. The van der Waals surface area contributed by atoms with E-state index in [0.29, 0.717) is 12.1 Å². The molecule has 0 radical (unpaired) electrons. The van der Waals surface area contributed by atoms with Crippen molar-refractivity contribution in [2.75, 3.05) is 5.73 Å². The maximum absolute atomic E-state index is 11.8. The molecular weight excluding hydrogens is 352 g/mol. The van der Waals surface area contributed by atoms with Crippen molar-refractivity contribution in [3.63, 3.8) is 0 Å². The molecule has 0 atom stereocenters. The average molecular weight is 391 g/mol. The van der Waals surface area contributed by atoms with Crippen LogP contribution in [-0.4, -0.2) is 11.9 Å². The summed E-state index contributed by atoms with van der Waals surface area (Å²) >= 11 is 0. The number of anilines is 1. The first-order valence-electron chi connectivity index (χ1n) is 11.0. The second kappa shape index (κ2) is 16.0. The third-order valence-corrected chi connectivity index (χ3v) is 4.95. The van der Waals surface area contributed by atoms with Gasteiger partial charge >= 0.3 is 5.97 Å². The molecule has 158 valence electrons. The lowest BCUT2D eigenvalue weighted by atomic mass is 10.0. The van der Waals surface area contributed by atoms with Crippen LogP contribution in [0, 0.1) is 0 Å². The number of nitrogens with one attached hydrogen (secondary N) is 1. The Morgan fingerprint density at radius 3 is 1.86 bits per heavy atom. The van der Waals surface area contributed by atoms with Gasteiger partial charge in [-0.3, -0.25) is 4.79 Å². The number of carbonyl (C=O) groups is 2. The maximum atomic E-state index is 11.8. The van der Waals surface area contributed by atoms with Crippen molar-refractivity contribution in [2.24, 2.45) is 0 Å². The fourth-order valence-electron chi connectivity index (χ4n) is 3.20. The maximum Gasteiger partial charge on any atom is 0.365 e. The van der Waals surface area contributed by atoms with Crippen LogP contribution in [0.4, 0.5) is 5.69 Å². The van der Waals surface area contributed by atoms with Crippen molar-refractivity contribution < 1.29 is 14.4 Å². The van der Waals surface area contributed by atoms with Crippen molar-refractivity contribution in [1.82, 2.24) is 5.48 Å². The molecule has 1 aromatic rings. The molecule has 0 heterocycles. The number of hydrogen-bond acceptors (Lipinski definition) is 4. The minimum Gasteiger partial charge on any atom is -0.398 e. The molecule has 0 fully saturated rings. The van der Waals surface area contributed by atoms with Gasteiger partial charge in [-0.2, -0.15) is 5.48 Å². The highest BCUT2D eigenvalue weighted by Gasteiger charge is 2.12. The molecule has 0 aliphatic carbocycles. The molecule has 0 unspecified atom stereocenters. The number of hydroxylamine groups is 1. The number of carbonyl (C=O) groups excluding carboxylic acids is 2. The molecule has 0 saturated carbocycles. The standard InChI is InChI=1S/C23H38N2O3/c1-2-3-4-5-6-7-8-9-10-11-12-13-14-19-22(26)25-28-23(27)20-17-15-16-18-21(20)24/h15-18H,2-14,19,24H2,1H3,(H,25,26). The van der Waals surface area contributed by atoms with E-state index in [1.165, 1.54) is 64.2 Å². The molecule has 0 aromatic heterocycles. The van der Waals surface area contributed by atoms with E-state index in [9.17, 15) is 9.59 Å². The first-order chi connectivity index (χ1) is 13.6. The predicted molar refractivity (Wildman–Crippen MR) is 115 cm³/mol. The molecular formula is C23H38N2O3. The molecule has 28 heavy (non-hydrogen) atoms. The molecule has 0 aliphatic rings. The van der Waals surface area contributed by atoms with Crippen LogP contribution in [0.5, 0.6) is 0 Å². The first-order valence-corrected chi connectivity index (χ1v) is 11.0. The molecule has 5 nitrogen and oxygen atoms in total. The van der Waals surface area contributed by atoms with Gasteiger partial charge in [0.2, 0.25) is 0 Å². The summed E-state index contributed by atoms with van der Waals surface area (Å²) < 4.78 is 0. The topological polar surface area (TPSA) is 81.4 Å². The van der Waals surface area contributed by atoms with E-state index >= 15 is 0 Å². The number of rotatable bonds is 15. The van der Waals surface area contributed by atoms with Crippen molar-refractivity contribution in [1.29, 1.82) is 0 Å². The highest BCUT2D eigenvalue weighted by molar-refractivity contribution is 5.95. The van der Waals surface area contributed by atoms with E-state index in [0.717, 1.165) is 19.3 Å². The monoisotopic (exact) mass is 390 g/mol. The lowest BCUT2D eigenvalue weighted by Gasteiger charge is -2.07. The number of nitrogens with two attached hydrogens (primary N) is 1. The van der Waals surface area contributed by atoms with Crippen LogP contribution in [0.1, 0.15) is 107 Å². The van der Waals surface area contributed by atoms with Gasteiger partial charge in [0.25, 0.3) is 5.91 Å². The summed E-state index contributed by atoms with van der Waals surface area (Å²) in [6.07, 6.45) is 16.8. The Balaban J connectivity index is 1.92. The Bertz CT molecular complexity index is 561. The third-order valence-electron chi connectivity index (χ3n) is 4.95. The highest BCUT2D eigenvalue weighted by Crippen LogP contribution is 2.13. The van der Waals surface area contributed by atoms with Crippen molar-refractivity contribution in [2.45, 2.75) is 96.8 Å². The lowest BCUT2D eigenvalue weighted by molar-refractivity contribution is -0.130. The molecule has 0 spiro atoms. The van der Waals surface area contributed by atoms with Gasteiger partial charge in [0, 0.05) is 12.1 Å². The number of benzene rings is 1. The van der Waals surface area contributed by atoms with Crippen molar-refractivity contribution in [3.05, 3.63) is 29.8 Å². The number of hydrogen-bond donors (Lipinski definition) is 2. The van der Waals surface area contributed by atoms with Crippen LogP contribution < -0.4 is 11.2 Å². The van der Waals surface area contributed by atoms with Gasteiger partial charge in [0.15, 0.2) is 0 Å². The van der Waals surface area contributed by atoms with Gasteiger partial charge in [-0.25, -0.2) is 4.79 Å². The van der Waals surface area contributed by atoms with E-state index in [2.05, 4.69) is 12.4 Å². The zero-order chi connectivity index (χ0) is 20.5. The second-order valence-electron chi connectivity index (χ2n) is 7.49. The average Bonchev–Trinajstić information content (AvgIpc) is 2.70. The summed E-state index contributed by atoms with van der Waals surface area (Å²) in [5.41, 5.74) is 8.50. The van der Waals surface area contributed by atoms with E-state index in [-0.39, 0.29) is 11.5 Å². The fourth-order valence-corrected chi connectivity index (χ4v) is 3.20. The van der Waals surface area contributed by atoms with Crippen molar-refractivity contribution in [3.8, 4) is 0 Å². The summed E-state index contributed by atoms with van der Waals surface area (Å²) in [6, 6.07) is 6.62. The van der Waals surface area contributed by atoms with Gasteiger partial charge in [0.1, 0.15) is 0 Å². The largest absolute Gasteiger partial charge is 0.398 e. The number of para-hydroxylation sites is 1. The van der Waals surface area contributed by atoms with Gasteiger partial charge < -0.3 is 10.6 Å². The predicted octanol–water partition coefficient (Wildman–Crippen LogP) is 5.94. The quantitative estimate of drug-likeness (QED) is 0.221. The van der Waals surface area contributed by atoms with Crippen LogP contribution >= 0.6 is 0 Å². The van der Waals surface area contributed by atoms with Gasteiger partial charge in [-0.1, -0.05) is 96.1 Å². The minimum atomic E-state index is -0.642. The zero-order valence-electron chi connectivity index (χ0n) is 17.5. The molecule has 3 N–H and O–H groups in total. The summed E-state index contributed by atoms with van der Waals surface area (Å²) in [5, 5.41) is 0. The Kier molecular flexibility index (Phi) is 13.7.